The average Bonchev–Trinajstić information content (AvgIpc) is 2.78. The summed E-state index contributed by atoms with van der Waals surface area (Å²) >= 11 is 0. The van der Waals surface area contributed by atoms with Crippen LogP contribution in [-0.2, 0) is 5.41 Å². The molecule has 0 amide bonds. The molecule has 1 aromatic carbocycles. The highest BCUT2D eigenvalue weighted by atomic mass is 14.9. The Labute approximate surface area is 85.5 Å². The Morgan fingerprint density at radius 1 is 1.21 bits per heavy atom. The van der Waals surface area contributed by atoms with Gasteiger partial charge in [0, 0.05) is 17.6 Å². The molecule has 0 unspecified atom stereocenters. The van der Waals surface area contributed by atoms with Crippen LogP contribution in [0.2, 0.25) is 0 Å². The van der Waals surface area contributed by atoms with E-state index in [1.807, 2.05) is 0 Å². The molecule has 1 saturated carbocycles. The average molecular weight is 187 g/mol. The topological polar surface area (TPSA) is 12.0 Å². The van der Waals surface area contributed by atoms with Crippen molar-refractivity contribution < 1.29 is 0 Å². The maximum absolute atomic E-state index is 3.60. The quantitative estimate of drug-likeness (QED) is 0.657. The van der Waals surface area contributed by atoms with E-state index in [9.17, 15) is 0 Å². The van der Waals surface area contributed by atoms with Gasteiger partial charge in [-0.25, -0.2) is 0 Å². The predicted molar refractivity (Wildman–Crippen MR) is 59.8 cm³/mol. The standard InChI is InChI=1S/C13H17N/c1-10-5-4-6-11-12(10)14-9-13(11)7-2-3-8-13/h4-6,14H,2-3,7-9H2,1H3. The Morgan fingerprint density at radius 3 is 2.79 bits per heavy atom. The van der Waals surface area contributed by atoms with Gasteiger partial charge in [0.1, 0.15) is 0 Å². The molecule has 0 atom stereocenters. The summed E-state index contributed by atoms with van der Waals surface area (Å²) in [5, 5.41) is 3.60. The van der Waals surface area contributed by atoms with Crippen molar-refractivity contribution in [2.24, 2.45) is 0 Å². The number of hydrogen-bond donors (Lipinski definition) is 1. The monoisotopic (exact) mass is 187 g/mol. The molecule has 2 aliphatic rings. The van der Waals surface area contributed by atoms with E-state index in [1.54, 1.807) is 5.56 Å². The lowest BCUT2D eigenvalue weighted by molar-refractivity contribution is 0.489. The molecule has 0 saturated heterocycles. The maximum Gasteiger partial charge on any atom is 0.0409 e. The van der Waals surface area contributed by atoms with Crippen molar-refractivity contribution in [3.8, 4) is 0 Å². The first-order valence-electron chi connectivity index (χ1n) is 5.66. The summed E-state index contributed by atoms with van der Waals surface area (Å²) in [6.45, 7) is 3.38. The molecule has 0 bridgehead atoms. The summed E-state index contributed by atoms with van der Waals surface area (Å²) in [5.74, 6) is 0. The van der Waals surface area contributed by atoms with E-state index in [4.69, 9.17) is 0 Å². The number of rotatable bonds is 0. The van der Waals surface area contributed by atoms with Crippen LogP contribution < -0.4 is 5.32 Å². The fourth-order valence-corrected chi connectivity index (χ4v) is 3.20. The summed E-state index contributed by atoms with van der Waals surface area (Å²) in [6.07, 6.45) is 5.59. The first kappa shape index (κ1) is 8.34. The van der Waals surface area contributed by atoms with Gasteiger partial charge < -0.3 is 5.32 Å². The third kappa shape index (κ3) is 0.956. The van der Waals surface area contributed by atoms with Crippen LogP contribution in [0.25, 0.3) is 0 Å². The second kappa shape index (κ2) is 2.75. The first-order chi connectivity index (χ1) is 6.82. The zero-order valence-electron chi connectivity index (χ0n) is 8.77. The van der Waals surface area contributed by atoms with Gasteiger partial charge in [-0.05, 0) is 30.9 Å². The van der Waals surface area contributed by atoms with E-state index in [2.05, 4.69) is 30.4 Å². The zero-order chi connectivity index (χ0) is 9.60. The van der Waals surface area contributed by atoms with Gasteiger partial charge in [-0.3, -0.25) is 0 Å². The van der Waals surface area contributed by atoms with Gasteiger partial charge in [-0.2, -0.15) is 0 Å². The van der Waals surface area contributed by atoms with Crippen LogP contribution in [0.1, 0.15) is 36.8 Å². The van der Waals surface area contributed by atoms with Gasteiger partial charge in [0.15, 0.2) is 0 Å². The molecule has 1 fully saturated rings. The summed E-state index contributed by atoms with van der Waals surface area (Å²) in [4.78, 5) is 0. The molecule has 3 rings (SSSR count). The molecule has 1 N–H and O–H groups in total. The van der Waals surface area contributed by atoms with Crippen LogP contribution in [0.4, 0.5) is 5.69 Å². The molecule has 1 heterocycles. The van der Waals surface area contributed by atoms with Gasteiger partial charge in [-0.15, -0.1) is 0 Å². The highest BCUT2D eigenvalue weighted by Crippen LogP contribution is 2.48. The van der Waals surface area contributed by atoms with E-state index < -0.39 is 0 Å². The maximum atomic E-state index is 3.60. The van der Waals surface area contributed by atoms with Gasteiger partial charge in [-0.1, -0.05) is 31.0 Å². The van der Waals surface area contributed by atoms with Crippen LogP contribution in [0.5, 0.6) is 0 Å². The van der Waals surface area contributed by atoms with Crippen molar-refractivity contribution in [2.45, 2.75) is 38.0 Å². The molecule has 1 aliphatic carbocycles. The lowest BCUT2D eigenvalue weighted by Crippen LogP contribution is -2.23. The molecule has 1 heteroatoms. The Bertz CT molecular complexity index is 361. The van der Waals surface area contributed by atoms with Crippen molar-refractivity contribution in [2.75, 3.05) is 11.9 Å². The fraction of sp³-hybridized carbons (Fsp3) is 0.538. The largest absolute Gasteiger partial charge is 0.384 e. The molecule has 1 spiro atoms. The normalized spacial score (nSPS) is 22.4. The number of fused-ring (bicyclic) bond motifs is 2. The van der Waals surface area contributed by atoms with Gasteiger partial charge in [0.25, 0.3) is 0 Å². The number of nitrogens with one attached hydrogen (secondary N) is 1. The zero-order valence-corrected chi connectivity index (χ0v) is 8.77. The fourth-order valence-electron chi connectivity index (χ4n) is 3.20. The first-order valence-corrected chi connectivity index (χ1v) is 5.66. The number of aryl methyl sites for hydroxylation is 1. The van der Waals surface area contributed by atoms with Crippen LogP contribution >= 0.6 is 0 Å². The molecule has 14 heavy (non-hydrogen) atoms. The summed E-state index contributed by atoms with van der Waals surface area (Å²) < 4.78 is 0. The Balaban J connectivity index is 2.14. The smallest absolute Gasteiger partial charge is 0.0409 e. The Hall–Kier alpha value is -0.980. The summed E-state index contributed by atoms with van der Waals surface area (Å²) in [6, 6.07) is 6.74. The summed E-state index contributed by atoms with van der Waals surface area (Å²) in [5.41, 5.74) is 4.93. The van der Waals surface area contributed by atoms with Crippen molar-refractivity contribution >= 4 is 5.69 Å². The van der Waals surface area contributed by atoms with Gasteiger partial charge in [0.05, 0.1) is 0 Å². The van der Waals surface area contributed by atoms with Crippen molar-refractivity contribution in [3.63, 3.8) is 0 Å². The second-order valence-electron chi connectivity index (χ2n) is 4.84. The Morgan fingerprint density at radius 2 is 2.00 bits per heavy atom. The number of para-hydroxylation sites is 1. The molecule has 74 valence electrons. The van der Waals surface area contributed by atoms with Gasteiger partial charge in [0.2, 0.25) is 0 Å². The highest BCUT2D eigenvalue weighted by Gasteiger charge is 2.41. The van der Waals surface area contributed by atoms with Crippen molar-refractivity contribution in [1.29, 1.82) is 0 Å². The van der Waals surface area contributed by atoms with Crippen molar-refractivity contribution in [3.05, 3.63) is 29.3 Å². The number of benzene rings is 1. The minimum atomic E-state index is 0.501. The van der Waals surface area contributed by atoms with Gasteiger partial charge >= 0.3 is 0 Å². The second-order valence-corrected chi connectivity index (χ2v) is 4.84. The minimum Gasteiger partial charge on any atom is -0.384 e. The molecule has 1 aromatic rings. The molecule has 0 radical (unpaired) electrons. The van der Waals surface area contributed by atoms with Crippen LogP contribution in [0.3, 0.4) is 0 Å². The van der Waals surface area contributed by atoms with Crippen LogP contribution in [0, 0.1) is 6.92 Å². The summed E-state index contributed by atoms with van der Waals surface area (Å²) in [7, 11) is 0. The van der Waals surface area contributed by atoms with Crippen molar-refractivity contribution in [1.82, 2.24) is 0 Å². The SMILES string of the molecule is Cc1cccc2c1NCC21CCCC1. The van der Waals surface area contributed by atoms with E-state index in [1.165, 1.54) is 43.5 Å². The number of anilines is 1. The molecule has 0 aromatic heterocycles. The molecular weight excluding hydrogens is 170 g/mol. The molecular formula is C13H17N. The number of hydrogen-bond acceptors (Lipinski definition) is 1. The van der Waals surface area contributed by atoms with E-state index in [0.717, 1.165) is 0 Å². The van der Waals surface area contributed by atoms with Crippen LogP contribution in [-0.4, -0.2) is 6.54 Å². The van der Waals surface area contributed by atoms with E-state index in [-0.39, 0.29) is 0 Å². The third-order valence-electron chi connectivity index (χ3n) is 4.01. The Kier molecular flexibility index (Phi) is 1.64. The van der Waals surface area contributed by atoms with E-state index >= 15 is 0 Å². The molecule has 1 aliphatic heterocycles. The lowest BCUT2D eigenvalue weighted by Gasteiger charge is -2.22. The van der Waals surface area contributed by atoms with E-state index in [0.29, 0.717) is 5.41 Å². The third-order valence-corrected chi connectivity index (χ3v) is 4.01. The minimum absolute atomic E-state index is 0.501. The lowest BCUT2D eigenvalue weighted by atomic mass is 9.80. The predicted octanol–water partition coefficient (Wildman–Crippen LogP) is 3.23. The molecule has 1 nitrogen and oxygen atoms in total. The highest BCUT2D eigenvalue weighted by molar-refractivity contribution is 5.65. The van der Waals surface area contributed by atoms with Crippen LogP contribution in [0.15, 0.2) is 18.2 Å².